The summed E-state index contributed by atoms with van der Waals surface area (Å²) in [5.41, 5.74) is 1.71. The van der Waals surface area contributed by atoms with Crippen LogP contribution in [0.2, 0.25) is 0 Å². The molecule has 8 heteroatoms. The highest BCUT2D eigenvalue weighted by Crippen LogP contribution is 2.31. The largest absolute Gasteiger partial charge is 0.391 e. The molecule has 2 N–H and O–H groups in total. The summed E-state index contributed by atoms with van der Waals surface area (Å²) in [5, 5.41) is 10.1. The first-order chi connectivity index (χ1) is 6.37. The predicted octanol–water partition coefficient (Wildman–Crippen LogP) is 1.73. The van der Waals surface area contributed by atoms with E-state index in [2.05, 4.69) is 0 Å². The highest BCUT2D eigenvalue weighted by Gasteiger charge is 2.31. The lowest BCUT2D eigenvalue weighted by Gasteiger charge is -2.02. The van der Waals surface area contributed by atoms with Crippen LogP contribution in [0.5, 0.6) is 0 Å². The third-order valence-corrected chi connectivity index (χ3v) is 1.46. The number of hydrogen-bond acceptors (Lipinski definition) is 3. The molecule has 0 amide bonds. The Bertz CT molecular complexity index is 392. The molecule has 0 aromatic heterocycles. The molecule has 0 unspecified atom stereocenters. The molecule has 4 nitrogen and oxygen atoms in total. The fourth-order valence-corrected chi connectivity index (χ4v) is 0.816. The van der Waals surface area contributed by atoms with Crippen molar-refractivity contribution in [2.45, 2.75) is 0 Å². The van der Waals surface area contributed by atoms with Crippen LogP contribution in [-0.2, 0) is 0 Å². The third kappa shape index (κ3) is 1.24. The molecule has 0 saturated heterocycles. The average molecular weight is 210 g/mol. The van der Waals surface area contributed by atoms with Gasteiger partial charge in [-0.25, -0.2) is 13.2 Å². The molecule has 0 bridgehead atoms. The summed E-state index contributed by atoms with van der Waals surface area (Å²) in [7, 11) is 0. The van der Waals surface area contributed by atoms with Gasteiger partial charge in [-0.05, 0) is 0 Å². The third-order valence-electron chi connectivity index (χ3n) is 1.46. The van der Waals surface area contributed by atoms with Gasteiger partial charge in [0.25, 0.3) is 0 Å². The van der Waals surface area contributed by atoms with E-state index in [1.54, 1.807) is 0 Å². The number of nitrogens with zero attached hydrogens (tertiary/aromatic N) is 1. The summed E-state index contributed by atoms with van der Waals surface area (Å²) >= 11 is 0. The van der Waals surface area contributed by atoms with E-state index in [4.69, 9.17) is 5.73 Å². The van der Waals surface area contributed by atoms with Crippen LogP contribution in [0.4, 0.5) is 28.9 Å². The van der Waals surface area contributed by atoms with Crippen LogP contribution in [0.15, 0.2) is 0 Å². The van der Waals surface area contributed by atoms with Crippen LogP contribution in [0, 0.1) is 33.4 Å². The summed E-state index contributed by atoms with van der Waals surface area (Å²) in [5.74, 6) is -8.53. The van der Waals surface area contributed by atoms with Gasteiger partial charge < -0.3 is 5.73 Å². The topological polar surface area (TPSA) is 69.2 Å². The van der Waals surface area contributed by atoms with Crippen molar-refractivity contribution in [3.05, 3.63) is 33.4 Å². The van der Waals surface area contributed by atoms with Crippen molar-refractivity contribution in [3.63, 3.8) is 0 Å². The maximum atomic E-state index is 12.7. The molecule has 0 spiro atoms. The zero-order valence-corrected chi connectivity index (χ0v) is 6.35. The first-order valence-electron chi connectivity index (χ1n) is 3.13. The summed E-state index contributed by atoms with van der Waals surface area (Å²) in [6.07, 6.45) is 0. The molecule has 0 fully saturated rings. The minimum atomic E-state index is -2.26. The van der Waals surface area contributed by atoms with Crippen molar-refractivity contribution in [1.82, 2.24) is 0 Å². The van der Waals surface area contributed by atoms with Crippen LogP contribution < -0.4 is 5.73 Å². The number of hydrogen-bond donors (Lipinski definition) is 1. The second-order valence-corrected chi connectivity index (χ2v) is 2.28. The molecular formula is C6H2F4N2O2. The van der Waals surface area contributed by atoms with Crippen LogP contribution in [0.1, 0.15) is 0 Å². The van der Waals surface area contributed by atoms with Crippen molar-refractivity contribution in [2.75, 3.05) is 5.73 Å². The van der Waals surface area contributed by atoms with Crippen LogP contribution in [0.25, 0.3) is 0 Å². The molecule has 1 rings (SSSR count). The zero-order chi connectivity index (χ0) is 11.0. The molecule has 0 saturated carbocycles. The lowest BCUT2D eigenvalue weighted by Crippen LogP contribution is -2.07. The van der Waals surface area contributed by atoms with Gasteiger partial charge in [0.15, 0.2) is 17.3 Å². The molecule has 1 aromatic carbocycles. The monoisotopic (exact) mass is 210 g/mol. The standard InChI is InChI=1S/C6H2F4N2O2/c7-1-2(8)4(10)6(12(13)14)5(11)3(1)9/h11H2. The Morgan fingerprint density at radius 2 is 1.43 bits per heavy atom. The second kappa shape index (κ2) is 3.13. The maximum Gasteiger partial charge on any atom is 0.333 e. The fourth-order valence-electron chi connectivity index (χ4n) is 0.816. The summed E-state index contributed by atoms with van der Waals surface area (Å²) in [6.45, 7) is 0. The number of nitro groups is 1. The zero-order valence-electron chi connectivity index (χ0n) is 6.35. The minimum absolute atomic E-state index is 1.37. The van der Waals surface area contributed by atoms with Gasteiger partial charge in [0.1, 0.15) is 0 Å². The van der Waals surface area contributed by atoms with Crippen LogP contribution in [-0.4, -0.2) is 4.92 Å². The Labute approximate surface area is 74.1 Å². The SMILES string of the molecule is Nc1c(F)c(F)c(F)c(F)c1[N+](=O)[O-]. The molecule has 0 atom stereocenters. The molecule has 0 aliphatic rings. The first-order valence-corrected chi connectivity index (χ1v) is 3.13. The number of nitro benzene ring substituents is 1. The highest BCUT2D eigenvalue weighted by molar-refractivity contribution is 5.60. The number of benzene rings is 1. The number of halogens is 4. The maximum absolute atomic E-state index is 12.7. The number of anilines is 1. The quantitative estimate of drug-likeness (QED) is 0.191. The van der Waals surface area contributed by atoms with E-state index >= 15 is 0 Å². The number of nitrogen functional groups attached to an aromatic ring is 1. The van der Waals surface area contributed by atoms with Gasteiger partial charge in [0, 0.05) is 0 Å². The highest BCUT2D eigenvalue weighted by atomic mass is 19.2. The number of nitrogens with two attached hydrogens (primary N) is 1. The summed E-state index contributed by atoms with van der Waals surface area (Å²) in [4.78, 5) is 8.65. The smallest absolute Gasteiger partial charge is 0.333 e. The van der Waals surface area contributed by atoms with E-state index < -0.39 is 39.6 Å². The Morgan fingerprint density at radius 1 is 1.00 bits per heavy atom. The van der Waals surface area contributed by atoms with E-state index in [1.165, 1.54) is 0 Å². The van der Waals surface area contributed by atoms with E-state index in [1.807, 2.05) is 0 Å². The Morgan fingerprint density at radius 3 is 1.86 bits per heavy atom. The predicted molar refractivity (Wildman–Crippen MR) is 37.3 cm³/mol. The van der Waals surface area contributed by atoms with Crippen molar-refractivity contribution in [2.24, 2.45) is 0 Å². The van der Waals surface area contributed by atoms with E-state index in [0.29, 0.717) is 0 Å². The Kier molecular flexibility index (Phi) is 2.28. The number of rotatable bonds is 1. The lowest BCUT2D eigenvalue weighted by molar-refractivity contribution is -0.387. The van der Waals surface area contributed by atoms with Crippen LogP contribution in [0.3, 0.4) is 0 Å². The van der Waals surface area contributed by atoms with Gasteiger partial charge in [0.2, 0.25) is 11.6 Å². The van der Waals surface area contributed by atoms with Gasteiger partial charge >= 0.3 is 5.69 Å². The Balaban J connectivity index is 3.68. The Hall–Kier alpha value is -1.86. The van der Waals surface area contributed by atoms with Gasteiger partial charge in [-0.3, -0.25) is 10.1 Å². The summed E-state index contributed by atoms with van der Waals surface area (Å²) < 4.78 is 50.1. The molecule has 76 valence electrons. The summed E-state index contributed by atoms with van der Waals surface area (Å²) in [6, 6.07) is 0. The molecule has 0 aliphatic carbocycles. The molecule has 0 radical (unpaired) electrons. The van der Waals surface area contributed by atoms with Crippen molar-refractivity contribution in [1.29, 1.82) is 0 Å². The van der Waals surface area contributed by atoms with Crippen molar-refractivity contribution < 1.29 is 22.5 Å². The molecule has 1 aromatic rings. The van der Waals surface area contributed by atoms with Gasteiger partial charge in [-0.15, -0.1) is 0 Å². The first kappa shape index (κ1) is 10.2. The van der Waals surface area contributed by atoms with Gasteiger partial charge in [-0.1, -0.05) is 0 Å². The molecule has 0 heterocycles. The molecular weight excluding hydrogens is 208 g/mol. The lowest BCUT2D eigenvalue weighted by atomic mass is 10.2. The van der Waals surface area contributed by atoms with Crippen LogP contribution >= 0.6 is 0 Å². The van der Waals surface area contributed by atoms with Crippen molar-refractivity contribution >= 4 is 11.4 Å². The normalized spacial score (nSPS) is 10.3. The van der Waals surface area contributed by atoms with Crippen molar-refractivity contribution in [3.8, 4) is 0 Å². The molecule has 0 aliphatic heterocycles. The molecule has 14 heavy (non-hydrogen) atoms. The fraction of sp³-hybridized carbons (Fsp3) is 0. The van der Waals surface area contributed by atoms with E-state index in [-0.39, 0.29) is 0 Å². The average Bonchev–Trinajstić information content (AvgIpc) is 2.11. The van der Waals surface area contributed by atoms with E-state index in [0.717, 1.165) is 0 Å². The van der Waals surface area contributed by atoms with E-state index in [9.17, 15) is 27.7 Å². The van der Waals surface area contributed by atoms with Gasteiger partial charge in [0.05, 0.1) is 4.92 Å². The minimum Gasteiger partial charge on any atom is -0.391 e. The second-order valence-electron chi connectivity index (χ2n) is 2.28. The van der Waals surface area contributed by atoms with Gasteiger partial charge in [-0.2, -0.15) is 4.39 Å².